The molecule has 0 saturated carbocycles. The van der Waals surface area contributed by atoms with Crippen LogP contribution in [0.1, 0.15) is 31.2 Å². The SMILES string of the molecule is CCC(NC(=O)C(C)N)c1cccs1. The van der Waals surface area contributed by atoms with E-state index in [9.17, 15) is 4.79 Å². The van der Waals surface area contributed by atoms with Crippen LogP contribution in [0, 0.1) is 0 Å². The largest absolute Gasteiger partial charge is 0.347 e. The normalized spacial score (nSPS) is 14.8. The average Bonchev–Trinajstić information content (AvgIpc) is 2.66. The Morgan fingerprint density at radius 1 is 1.71 bits per heavy atom. The number of carbonyl (C=O) groups excluding carboxylic acids is 1. The molecular weight excluding hydrogens is 196 g/mol. The molecule has 1 amide bonds. The first-order valence-electron chi connectivity index (χ1n) is 4.74. The lowest BCUT2D eigenvalue weighted by Crippen LogP contribution is -2.39. The Kier molecular flexibility index (Phi) is 4.10. The van der Waals surface area contributed by atoms with Crippen molar-refractivity contribution in [1.82, 2.24) is 5.32 Å². The molecule has 1 rings (SSSR count). The monoisotopic (exact) mass is 212 g/mol. The molecule has 0 bridgehead atoms. The maximum atomic E-state index is 11.4. The van der Waals surface area contributed by atoms with E-state index in [0.717, 1.165) is 6.42 Å². The van der Waals surface area contributed by atoms with E-state index in [1.54, 1.807) is 18.3 Å². The zero-order valence-electron chi connectivity index (χ0n) is 8.49. The third-order valence-electron chi connectivity index (χ3n) is 2.02. The molecule has 0 spiro atoms. The van der Waals surface area contributed by atoms with Crippen LogP contribution in [0.4, 0.5) is 0 Å². The van der Waals surface area contributed by atoms with E-state index < -0.39 is 6.04 Å². The summed E-state index contributed by atoms with van der Waals surface area (Å²) < 4.78 is 0. The Bertz CT molecular complexity index is 282. The standard InChI is InChI=1S/C10H16N2OS/c1-3-8(9-5-4-6-14-9)12-10(13)7(2)11/h4-8H,3,11H2,1-2H3,(H,12,13). The summed E-state index contributed by atoms with van der Waals surface area (Å²) >= 11 is 1.65. The van der Waals surface area contributed by atoms with E-state index in [1.807, 2.05) is 24.4 Å². The first-order valence-corrected chi connectivity index (χ1v) is 5.62. The van der Waals surface area contributed by atoms with E-state index in [4.69, 9.17) is 5.73 Å². The van der Waals surface area contributed by atoms with Crippen LogP contribution in [0.3, 0.4) is 0 Å². The molecule has 1 aromatic rings. The topological polar surface area (TPSA) is 55.1 Å². The lowest BCUT2D eigenvalue weighted by molar-refractivity contribution is -0.122. The van der Waals surface area contributed by atoms with E-state index in [1.165, 1.54) is 4.88 Å². The van der Waals surface area contributed by atoms with Crippen molar-refractivity contribution < 1.29 is 4.79 Å². The number of nitrogens with one attached hydrogen (secondary N) is 1. The quantitative estimate of drug-likeness (QED) is 0.797. The molecule has 1 heterocycles. The van der Waals surface area contributed by atoms with Gasteiger partial charge in [-0.25, -0.2) is 0 Å². The van der Waals surface area contributed by atoms with Crippen LogP contribution in [-0.2, 0) is 4.79 Å². The molecule has 2 atom stereocenters. The molecule has 0 fully saturated rings. The summed E-state index contributed by atoms with van der Waals surface area (Å²) in [6.07, 6.45) is 0.888. The number of carbonyl (C=O) groups is 1. The number of rotatable bonds is 4. The summed E-state index contributed by atoms with van der Waals surface area (Å²) in [6.45, 7) is 3.74. The van der Waals surface area contributed by atoms with E-state index in [-0.39, 0.29) is 11.9 Å². The van der Waals surface area contributed by atoms with Crippen LogP contribution in [0.25, 0.3) is 0 Å². The number of hydrogen-bond donors (Lipinski definition) is 2. The van der Waals surface area contributed by atoms with E-state index in [0.29, 0.717) is 0 Å². The summed E-state index contributed by atoms with van der Waals surface area (Å²) in [5.74, 6) is -0.0924. The predicted octanol–water partition coefficient (Wildman–Crippen LogP) is 1.66. The van der Waals surface area contributed by atoms with Gasteiger partial charge in [0.1, 0.15) is 0 Å². The van der Waals surface area contributed by atoms with Crippen molar-refractivity contribution >= 4 is 17.2 Å². The summed E-state index contributed by atoms with van der Waals surface area (Å²) in [6, 6.07) is 3.68. The van der Waals surface area contributed by atoms with Gasteiger partial charge in [0, 0.05) is 4.88 Å². The first kappa shape index (κ1) is 11.2. The molecule has 2 unspecified atom stereocenters. The van der Waals surface area contributed by atoms with Crippen LogP contribution in [0.2, 0.25) is 0 Å². The summed E-state index contributed by atoms with van der Waals surface area (Å²) in [4.78, 5) is 12.6. The molecule has 0 aliphatic rings. The lowest BCUT2D eigenvalue weighted by Gasteiger charge is -2.16. The number of thiophene rings is 1. The lowest BCUT2D eigenvalue weighted by atomic mass is 10.2. The fourth-order valence-corrected chi connectivity index (χ4v) is 2.03. The van der Waals surface area contributed by atoms with Gasteiger partial charge in [-0.3, -0.25) is 4.79 Å². The van der Waals surface area contributed by atoms with Crippen molar-refractivity contribution in [3.8, 4) is 0 Å². The average molecular weight is 212 g/mol. The maximum Gasteiger partial charge on any atom is 0.237 e. The van der Waals surface area contributed by atoms with Crippen molar-refractivity contribution in [3.63, 3.8) is 0 Å². The van der Waals surface area contributed by atoms with Gasteiger partial charge in [-0.05, 0) is 24.8 Å². The first-order chi connectivity index (χ1) is 6.65. The molecule has 4 heteroatoms. The van der Waals surface area contributed by atoms with Gasteiger partial charge in [-0.2, -0.15) is 0 Å². The summed E-state index contributed by atoms with van der Waals surface area (Å²) in [5, 5.41) is 4.92. The van der Waals surface area contributed by atoms with E-state index in [2.05, 4.69) is 5.32 Å². The van der Waals surface area contributed by atoms with Crippen molar-refractivity contribution in [1.29, 1.82) is 0 Å². The fourth-order valence-electron chi connectivity index (χ4n) is 1.17. The molecule has 0 saturated heterocycles. The third kappa shape index (κ3) is 2.82. The number of amides is 1. The summed E-state index contributed by atoms with van der Waals surface area (Å²) in [5.41, 5.74) is 5.48. The third-order valence-corrected chi connectivity index (χ3v) is 3.01. The minimum absolute atomic E-state index is 0.0924. The van der Waals surface area contributed by atoms with E-state index >= 15 is 0 Å². The zero-order chi connectivity index (χ0) is 10.6. The molecule has 3 nitrogen and oxygen atoms in total. The Balaban J connectivity index is 2.61. The number of hydrogen-bond acceptors (Lipinski definition) is 3. The van der Waals surface area contributed by atoms with Crippen LogP contribution in [0.5, 0.6) is 0 Å². The van der Waals surface area contributed by atoms with Crippen LogP contribution in [-0.4, -0.2) is 11.9 Å². The molecule has 0 radical (unpaired) electrons. The highest BCUT2D eigenvalue weighted by Crippen LogP contribution is 2.21. The minimum atomic E-state index is -0.441. The Labute approximate surface area is 88.3 Å². The van der Waals surface area contributed by atoms with Gasteiger partial charge in [0.05, 0.1) is 12.1 Å². The molecule has 0 aliphatic heterocycles. The zero-order valence-corrected chi connectivity index (χ0v) is 9.30. The molecule has 14 heavy (non-hydrogen) atoms. The van der Waals surface area contributed by atoms with Crippen LogP contribution >= 0.6 is 11.3 Å². The highest BCUT2D eigenvalue weighted by atomic mass is 32.1. The Morgan fingerprint density at radius 3 is 2.86 bits per heavy atom. The van der Waals surface area contributed by atoms with Gasteiger partial charge in [0.25, 0.3) is 0 Å². The molecule has 78 valence electrons. The number of nitrogens with two attached hydrogens (primary N) is 1. The van der Waals surface area contributed by atoms with Gasteiger partial charge >= 0.3 is 0 Å². The second-order valence-electron chi connectivity index (χ2n) is 3.27. The fraction of sp³-hybridized carbons (Fsp3) is 0.500. The second kappa shape index (κ2) is 5.12. The minimum Gasteiger partial charge on any atom is -0.347 e. The van der Waals surface area contributed by atoms with Gasteiger partial charge in [0.2, 0.25) is 5.91 Å². The smallest absolute Gasteiger partial charge is 0.237 e. The van der Waals surface area contributed by atoms with Crippen LogP contribution < -0.4 is 11.1 Å². The molecule has 3 N–H and O–H groups in total. The Morgan fingerprint density at radius 2 is 2.43 bits per heavy atom. The maximum absolute atomic E-state index is 11.4. The molecule has 0 aliphatic carbocycles. The highest BCUT2D eigenvalue weighted by molar-refractivity contribution is 7.10. The second-order valence-corrected chi connectivity index (χ2v) is 4.25. The van der Waals surface area contributed by atoms with Gasteiger partial charge in [-0.1, -0.05) is 13.0 Å². The summed E-state index contributed by atoms with van der Waals surface area (Å²) in [7, 11) is 0. The van der Waals surface area contributed by atoms with Gasteiger partial charge < -0.3 is 11.1 Å². The van der Waals surface area contributed by atoms with Gasteiger partial charge in [0.15, 0.2) is 0 Å². The van der Waals surface area contributed by atoms with Crippen molar-refractivity contribution in [3.05, 3.63) is 22.4 Å². The van der Waals surface area contributed by atoms with Crippen molar-refractivity contribution in [2.45, 2.75) is 32.4 Å². The molecular formula is C10H16N2OS. The van der Waals surface area contributed by atoms with Gasteiger partial charge in [-0.15, -0.1) is 11.3 Å². The molecule has 1 aromatic heterocycles. The molecule has 0 aromatic carbocycles. The Hall–Kier alpha value is -0.870. The predicted molar refractivity (Wildman–Crippen MR) is 59.1 cm³/mol. The van der Waals surface area contributed by atoms with Crippen molar-refractivity contribution in [2.75, 3.05) is 0 Å². The van der Waals surface area contributed by atoms with Crippen LogP contribution in [0.15, 0.2) is 17.5 Å². The highest BCUT2D eigenvalue weighted by Gasteiger charge is 2.15. The van der Waals surface area contributed by atoms with Crippen molar-refractivity contribution in [2.24, 2.45) is 5.73 Å².